The van der Waals surface area contributed by atoms with Crippen molar-refractivity contribution in [1.29, 1.82) is 0 Å². The molecule has 0 spiro atoms. The van der Waals surface area contributed by atoms with Gasteiger partial charge in [-0.1, -0.05) is 23.7 Å². The van der Waals surface area contributed by atoms with Crippen LogP contribution in [0.1, 0.15) is 15.9 Å². The standard InChI is InChI=1S/C14H9Br2ClO2/c1-19-11-7-3-6-10(17)13(11)14(18)12-8(15)4-2-5-9(12)16/h2-7H,1H3. The highest BCUT2D eigenvalue weighted by Crippen LogP contribution is 2.33. The normalized spacial score (nSPS) is 10.3. The summed E-state index contributed by atoms with van der Waals surface area (Å²) in [4.78, 5) is 12.7. The van der Waals surface area contributed by atoms with E-state index in [9.17, 15) is 4.79 Å². The zero-order valence-electron chi connectivity index (χ0n) is 9.91. The molecule has 0 amide bonds. The van der Waals surface area contributed by atoms with E-state index < -0.39 is 0 Å². The van der Waals surface area contributed by atoms with E-state index >= 15 is 0 Å². The molecule has 2 rings (SSSR count). The Morgan fingerprint density at radius 3 is 2.21 bits per heavy atom. The molecule has 0 aliphatic rings. The largest absolute Gasteiger partial charge is 0.496 e. The van der Waals surface area contributed by atoms with Crippen LogP contribution in [0.25, 0.3) is 0 Å². The van der Waals surface area contributed by atoms with Gasteiger partial charge in [0.1, 0.15) is 5.75 Å². The highest BCUT2D eigenvalue weighted by molar-refractivity contribution is 9.11. The summed E-state index contributed by atoms with van der Waals surface area (Å²) in [5, 5.41) is 0.368. The number of carbonyl (C=O) groups excluding carboxylic acids is 1. The molecule has 0 saturated heterocycles. The minimum Gasteiger partial charge on any atom is -0.496 e. The first-order valence-corrected chi connectivity index (χ1v) is 7.34. The molecule has 0 bridgehead atoms. The van der Waals surface area contributed by atoms with Gasteiger partial charge in [0.25, 0.3) is 0 Å². The van der Waals surface area contributed by atoms with E-state index in [1.807, 2.05) is 6.07 Å². The molecule has 0 saturated carbocycles. The van der Waals surface area contributed by atoms with Gasteiger partial charge in [0.05, 0.1) is 23.3 Å². The average Bonchev–Trinajstić information content (AvgIpc) is 2.37. The van der Waals surface area contributed by atoms with Gasteiger partial charge < -0.3 is 4.74 Å². The van der Waals surface area contributed by atoms with Crippen LogP contribution in [0.2, 0.25) is 5.02 Å². The fourth-order valence-electron chi connectivity index (χ4n) is 1.73. The quantitative estimate of drug-likeness (QED) is 0.665. The number of ether oxygens (including phenoxy) is 1. The number of ketones is 1. The lowest BCUT2D eigenvalue weighted by atomic mass is 10.0. The smallest absolute Gasteiger partial charge is 0.200 e. The maximum absolute atomic E-state index is 12.7. The predicted molar refractivity (Wildman–Crippen MR) is 83.3 cm³/mol. The van der Waals surface area contributed by atoms with E-state index in [4.69, 9.17) is 16.3 Å². The molecule has 5 heteroatoms. The third kappa shape index (κ3) is 2.86. The Balaban J connectivity index is 2.63. The lowest BCUT2D eigenvalue weighted by Crippen LogP contribution is -2.06. The van der Waals surface area contributed by atoms with Crippen LogP contribution in [0.3, 0.4) is 0 Å². The molecule has 2 nitrogen and oxygen atoms in total. The van der Waals surface area contributed by atoms with Gasteiger partial charge in [0.15, 0.2) is 0 Å². The van der Waals surface area contributed by atoms with Crippen LogP contribution in [0, 0.1) is 0 Å². The zero-order valence-corrected chi connectivity index (χ0v) is 13.8. The van der Waals surface area contributed by atoms with Crippen molar-refractivity contribution in [3.8, 4) is 5.75 Å². The number of methoxy groups -OCH3 is 1. The van der Waals surface area contributed by atoms with Crippen molar-refractivity contribution in [1.82, 2.24) is 0 Å². The molecule has 0 fully saturated rings. The lowest BCUT2D eigenvalue weighted by Gasteiger charge is -2.11. The van der Waals surface area contributed by atoms with Crippen molar-refractivity contribution in [2.75, 3.05) is 7.11 Å². The first-order valence-electron chi connectivity index (χ1n) is 5.37. The number of benzene rings is 2. The van der Waals surface area contributed by atoms with Gasteiger partial charge in [-0.05, 0) is 56.1 Å². The van der Waals surface area contributed by atoms with Gasteiger partial charge in [-0.2, -0.15) is 0 Å². The second-order valence-corrected chi connectivity index (χ2v) is 5.86. The van der Waals surface area contributed by atoms with Crippen LogP contribution >= 0.6 is 43.5 Å². The molecule has 0 heterocycles. The van der Waals surface area contributed by atoms with Gasteiger partial charge in [-0.15, -0.1) is 0 Å². The Kier molecular flexibility index (Phi) is 4.66. The predicted octanol–water partition coefficient (Wildman–Crippen LogP) is 5.10. The lowest BCUT2D eigenvalue weighted by molar-refractivity contribution is 0.103. The average molecular weight is 404 g/mol. The highest BCUT2D eigenvalue weighted by Gasteiger charge is 2.22. The van der Waals surface area contributed by atoms with Crippen LogP contribution < -0.4 is 4.74 Å². The van der Waals surface area contributed by atoms with Crippen molar-refractivity contribution in [2.24, 2.45) is 0 Å². The van der Waals surface area contributed by atoms with E-state index in [2.05, 4.69) is 31.9 Å². The fourth-order valence-corrected chi connectivity index (χ4v) is 3.34. The molecular weight excluding hydrogens is 395 g/mol. The molecule has 0 atom stereocenters. The Morgan fingerprint density at radius 1 is 1.05 bits per heavy atom. The third-order valence-corrected chi connectivity index (χ3v) is 4.25. The Bertz CT molecular complexity index is 621. The molecule has 0 aromatic heterocycles. The number of rotatable bonds is 3. The summed E-state index contributed by atoms with van der Waals surface area (Å²) in [6, 6.07) is 10.6. The minimum absolute atomic E-state index is 0.193. The second kappa shape index (κ2) is 6.07. The van der Waals surface area contributed by atoms with Gasteiger partial charge >= 0.3 is 0 Å². The Morgan fingerprint density at radius 2 is 1.63 bits per heavy atom. The number of carbonyl (C=O) groups is 1. The monoisotopic (exact) mass is 402 g/mol. The topological polar surface area (TPSA) is 26.3 Å². The molecule has 0 aliphatic carbocycles. The Labute approximate surface area is 133 Å². The zero-order chi connectivity index (χ0) is 14.0. The van der Waals surface area contributed by atoms with Gasteiger partial charge in [-0.25, -0.2) is 0 Å². The first-order chi connectivity index (χ1) is 9.06. The maximum atomic E-state index is 12.7. The minimum atomic E-state index is -0.193. The van der Waals surface area contributed by atoms with E-state index in [1.165, 1.54) is 7.11 Å². The van der Waals surface area contributed by atoms with Gasteiger partial charge in [0.2, 0.25) is 5.78 Å². The highest BCUT2D eigenvalue weighted by atomic mass is 79.9. The number of halogens is 3. The molecule has 98 valence electrons. The van der Waals surface area contributed by atoms with Crippen molar-refractivity contribution >= 4 is 49.2 Å². The van der Waals surface area contributed by atoms with E-state index in [1.54, 1.807) is 30.3 Å². The summed E-state index contributed by atoms with van der Waals surface area (Å²) in [5.74, 6) is 0.266. The van der Waals surface area contributed by atoms with E-state index in [0.717, 1.165) is 0 Å². The first kappa shape index (κ1) is 14.6. The molecule has 0 radical (unpaired) electrons. The molecule has 19 heavy (non-hydrogen) atoms. The third-order valence-electron chi connectivity index (χ3n) is 2.61. The summed E-state index contributed by atoms with van der Waals surface area (Å²) >= 11 is 12.9. The number of hydrogen-bond donors (Lipinski definition) is 0. The molecular formula is C14H9Br2ClO2. The summed E-state index contributed by atoms with van der Waals surface area (Å²) in [5.41, 5.74) is 0.883. The van der Waals surface area contributed by atoms with Gasteiger partial charge in [0, 0.05) is 8.95 Å². The fraction of sp³-hybridized carbons (Fsp3) is 0.0714. The van der Waals surface area contributed by atoms with Crippen molar-refractivity contribution in [3.05, 3.63) is 61.5 Å². The maximum Gasteiger partial charge on any atom is 0.200 e. The second-order valence-electron chi connectivity index (χ2n) is 3.74. The summed E-state index contributed by atoms with van der Waals surface area (Å²) in [6.45, 7) is 0. The van der Waals surface area contributed by atoms with E-state index in [-0.39, 0.29) is 5.78 Å². The van der Waals surface area contributed by atoms with Crippen molar-refractivity contribution in [3.63, 3.8) is 0 Å². The van der Waals surface area contributed by atoms with Crippen molar-refractivity contribution < 1.29 is 9.53 Å². The van der Waals surface area contributed by atoms with Crippen LogP contribution in [-0.2, 0) is 0 Å². The molecule has 0 unspecified atom stereocenters. The van der Waals surface area contributed by atoms with Crippen LogP contribution in [0.5, 0.6) is 5.75 Å². The summed E-state index contributed by atoms with van der Waals surface area (Å²) in [7, 11) is 1.51. The number of hydrogen-bond acceptors (Lipinski definition) is 2. The van der Waals surface area contributed by atoms with Crippen LogP contribution in [-0.4, -0.2) is 12.9 Å². The van der Waals surface area contributed by atoms with Crippen LogP contribution in [0.15, 0.2) is 45.3 Å². The summed E-state index contributed by atoms with van der Waals surface area (Å²) in [6.07, 6.45) is 0. The van der Waals surface area contributed by atoms with E-state index in [0.29, 0.717) is 30.8 Å². The Hall–Kier alpha value is -0.840. The molecule has 2 aromatic rings. The van der Waals surface area contributed by atoms with Crippen molar-refractivity contribution in [2.45, 2.75) is 0 Å². The summed E-state index contributed by atoms with van der Waals surface area (Å²) < 4.78 is 6.62. The molecule has 0 N–H and O–H groups in total. The van der Waals surface area contributed by atoms with Crippen LogP contribution in [0.4, 0.5) is 0 Å². The van der Waals surface area contributed by atoms with Gasteiger partial charge in [-0.3, -0.25) is 4.79 Å². The molecule has 0 aliphatic heterocycles. The molecule has 2 aromatic carbocycles. The SMILES string of the molecule is COc1cccc(Cl)c1C(=O)c1c(Br)cccc1Br.